The van der Waals surface area contributed by atoms with Crippen LogP contribution >= 0.6 is 11.8 Å². The van der Waals surface area contributed by atoms with Crippen molar-refractivity contribution in [3.8, 4) is 17.3 Å². The highest BCUT2D eigenvalue weighted by Gasteiger charge is 2.15. The second-order valence-electron chi connectivity index (χ2n) is 5.45. The Kier molecular flexibility index (Phi) is 5.25. The third-order valence-electron chi connectivity index (χ3n) is 3.74. The molecule has 1 aromatic carbocycles. The van der Waals surface area contributed by atoms with Gasteiger partial charge in [-0.2, -0.15) is 0 Å². The third-order valence-corrected chi connectivity index (χ3v) is 4.68. The quantitative estimate of drug-likeness (QED) is 0.472. The van der Waals surface area contributed by atoms with Crippen LogP contribution in [0.15, 0.2) is 46.2 Å². The zero-order valence-corrected chi connectivity index (χ0v) is 15.0. The van der Waals surface area contributed by atoms with E-state index in [1.807, 2.05) is 18.2 Å². The summed E-state index contributed by atoms with van der Waals surface area (Å²) in [6.45, 7) is 7.64. The second kappa shape index (κ2) is 7.57. The molecule has 6 heteroatoms. The molecule has 0 atom stereocenters. The maximum absolute atomic E-state index is 5.95. The minimum absolute atomic E-state index is 0.628. The van der Waals surface area contributed by atoms with Crippen LogP contribution in [0.2, 0.25) is 0 Å². The van der Waals surface area contributed by atoms with Crippen molar-refractivity contribution >= 4 is 11.8 Å². The van der Waals surface area contributed by atoms with Crippen LogP contribution in [0.4, 0.5) is 0 Å². The molecule has 0 aliphatic heterocycles. The molecule has 0 bridgehead atoms. The van der Waals surface area contributed by atoms with Gasteiger partial charge in [-0.15, -0.1) is 10.2 Å². The minimum atomic E-state index is 0.628. The van der Waals surface area contributed by atoms with Crippen LogP contribution in [-0.4, -0.2) is 27.1 Å². The van der Waals surface area contributed by atoms with E-state index in [-0.39, 0.29) is 0 Å². The maximum atomic E-state index is 5.95. The lowest BCUT2D eigenvalue weighted by Gasteiger charge is -2.11. The molecule has 24 heavy (non-hydrogen) atoms. The SMILES string of the molecule is CCn1c(SCCOc2c(C)cccc2C)nnc1-c1ccco1. The number of hydrogen-bond acceptors (Lipinski definition) is 5. The normalized spacial score (nSPS) is 11.0. The van der Waals surface area contributed by atoms with Gasteiger partial charge in [0.2, 0.25) is 0 Å². The summed E-state index contributed by atoms with van der Waals surface area (Å²) in [5.41, 5.74) is 2.33. The number of aromatic nitrogens is 3. The fourth-order valence-electron chi connectivity index (χ4n) is 2.57. The molecule has 126 valence electrons. The highest BCUT2D eigenvalue weighted by Crippen LogP contribution is 2.25. The lowest BCUT2D eigenvalue weighted by molar-refractivity contribution is 0.339. The van der Waals surface area contributed by atoms with Crippen LogP contribution in [0.5, 0.6) is 5.75 Å². The fourth-order valence-corrected chi connectivity index (χ4v) is 3.39. The van der Waals surface area contributed by atoms with Crippen LogP contribution in [-0.2, 0) is 6.54 Å². The first-order chi connectivity index (χ1) is 11.7. The van der Waals surface area contributed by atoms with Crippen LogP contribution in [0, 0.1) is 13.8 Å². The number of furan rings is 1. The van der Waals surface area contributed by atoms with Crippen molar-refractivity contribution in [2.75, 3.05) is 12.4 Å². The average molecular weight is 343 g/mol. The smallest absolute Gasteiger partial charge is 0.200 e. The lowest BCUT2D eigenvalue weighted by Crippen LogP contribution is -2.05. The summed E-state index contributed by atoms with van der Waals surface area (Å²) in [6, 6.07) is 9.94. The van der Waals surface area contributed by atoms with Crippen molar-refractivity contribution < 1.29 is 9.15 Å². The number of para-hydroxylation sites is 1. The molecule has 0 spiro atoms. The standard InChI is InChI=1S/C18H21N3O2S/c1-4-21-17(15-9-6-10-22-15)19-20-18(21)24-12-11-23-16-13(2)7-5-8-14(16)3/h5-10H,4,11-12H2,1-3H3. The Balaban J connectivity index is 1.61. The number of hydrogen-bond donors (Lipinski definition) is 0. The van der Waals surface area contributed by atoms with Crippen molar-refractivity contribution in [2.45, 2.75) is 32.5 Å². The van der Waals surface area contributed by atoms with Crippen LogP contribution < -0.4 is 4.74 Å². The number of benzene rings is 1. The molecule has 0 aliphatic carbocycles. The van der Waals surface area contributed by atoms with E-state index in [1.165, 1.54) is 0 Å². The van der Waals surface area contributed by atoms with Gasteiger partial charge in [0.05, 0.1) is 12.9 Å². The molecule has 2 heterocycles. The van der Waals surface area contributed by atoms with Crippen molar-refractivity contribution in [1.82, 2.24) is 14.8 Å². The average Bonchev–Trinajstić information content (AvgIpc) is 3.22. The van der Waals surface area contributed by atoms with Crippen LogP contribution in [0.1, 0.15) is 18.1 Å². The molecule has 0 aliphatic rings. The van der Waals surface area contributed by atoms with Gasteiger partial charge in [-0.1, -0.05) is 30.0 Å². The van der Waals surface area contributed by atoms with E-state index in [9.17, 15) is 0 Å². The van der Waals surface area contributed by atoms with Gasteiger partial charge in [0.25, 0.3) is 0 Å². The number of rotatable bonds is 7. The number of aryl methyl sites for hydroxylation is 2. The Labute approximate surface area is 146 Å². The van der Waals surface area contributed by atoms with E-state index >= 15 is 0 Å². The Hall–Kier alpha value is -2.21. The summed E-state index contributed by atoms with van der Waals surface area (Å²) in [4.78, 5) is 0. The first-order valence-corrected chi connectivity index (χ1v) is 8.98. The Morgan fingerprint density at radius 1 is 1.12 bits per heavy atom. The maximum Gasteiger partial charge on any atom is 0.200 e. The van der Waals surface area contributed by atoms with Crippen molar-refractivity contribution in [1.29, 1.82) is 0 Å². The third kappa shape index (κ3) is 3.48. The van der Waals surface area contributed by atoms with Gasteiger partial charge in [0.15, 0.2) is 16.7 Å². The number of thioether (sulfide) groups is 1. The van der Waals surface area contributed by atoms with Crippen molar-refractivity contribution in [2.24, 2.45) is 0 Å². The molecular weight excluding hydrogens is 322 g/mol. The van der Waals surface area contributed by atoms with Gasteiger partial charge in [0.1, 0.15) is 5.75 Å². The van der Waals surface area contributed by atoms with Gasteiger partial charge >= 0.3 is 0 Å². The molecule has 2 aromatic heterocycles. The summed E-state index contributed by atoms with van der Waals surface area (Å²) in [7, 11) is 0. The highest BCUT2D eigenvalue weighted by molar-refractivity contribution is 7.99. The minimum Gasteiger partial charge on any atom is -0.492 e. The summed E-state index contributed by atoms with van der Waals surface area (Å²) in [6.07, 6.45) is 1.65. The summed E-state index contributed by atoms with van der Waals surface area (Å²) in [5, 5.41) is 9.42. The predicted octanol–water partition coefficient (Wildman–Crippen LogP) is 4.35. The Morgan fingerprint density at radius 2 is 1.92 bits per heavy atom. The van der Waals surface area contributed by atoms with Crippen molar-refractivity contribution in [3.63, 3.8) is 0 Å². The summed E-state index contributed by atoms with van der Waals surface area (Å²) < 4.78 is 13.4. The van der Waals surface area contributed by atoms with Crippen molar-refractivity contribution in [3.05, 3.63) is 47.7 Å². The fraction of sp³-hybridized carbons (Fsp3) is 0.333. The first kappa shape index (κ1) is 16.6. The number of nitrogens with zero attached hydrogens (tertiary/aromatic N) is 3. The van der Waals surface area contributed by atoms with E-state index in [1.54, 1.807) is 18.0 Å². The molecule has 0 fully saturated rings. The zero-order chi connectivity index (χ0) is 16.9. The Bertz CT molecular complexity index is 776. The monoisotopic (exact) mass is 343 g/mol. The van der Waals surface area contributed by atoms with E-state index in [2.05, 4.69) is 47.7 Å². The van der Waals surface area contributed by atoms with E-state index < -0.39 is 0 Å². The molecule has 3 rings (SSSR count). The zero-order valence-electron chi connectivity index (χ0n) is 14.2. The Morgan fingerprint density at radius 3 is 2.58 bits per heavy atom. The highest BCUT2D eigenvalue weighted by atomic mass is 32.2. The van der Waals surface area contributed by atoms with Crippen LogP contribution in [0.25, 0.3) is 11.6 Å². The van der Waals surface area contributed by atoms with Gasteiger partial charge < -0.3 is 9.15 Å². The van der Waals surface area contributed by atoms with Gasteiger partial charge in [-0.05, 0) is 44.0 Å². The predicted molar refractivity (Wildman–Crippen MR) is 95.5 cm³/mol. The molecule has 0 N–H and O–H groups in total. The largest absolute Gasteiger partial charge is 0.492 e. The second-order valence-corrected chi connectivity index (χ2v) is 6.51. The molecule has 0 amide bonds. The van der Waals surface area contributed by atoms with E-state index in [0.29, 0.717) is 6.61 Å². The first-order valence-electron chi connectivity index (χ1n) is 7.99. The molecule has 0 unspecified atom stereocenters. The summed E-state index contributed by atoms with van der Waals surface area (Å²) in [5.74, 6) is 3.29. The summed E-state index contributed by atoms with van der Waals surface area (Å²) >= 11 is 1.64. The molecule has 3 aromatic rings. The number of ether oxygens (including phenoxy) is 1. The van der Waals surface area contributed by atoms with E-state index in [4.69, 9.17) is 9.15 Å². The molecular formula is C18H21N3O2S. The van der Waals surface area contributed by atoms with Gasteiger partial charge in [-0.3, -0.25) is 4.57 Å². The molecule has 0 radical (unpaired) electrons. The van der Waals surface area contributed by atoms with E-state index in [0.717, 1.165) is 45.9 Å². The molecule has 5 nitrogen and oxygen atoms in total. The van der Waals surface area contributed by atoms with Crippen LogP contribution in [0.3, 0.4) is 0 Å². The van der Waals surface area contributed by atoms with Gasteiger partial charge in [-0.25, -0.2) is 0 Å². The lowest BCUT2D eigenvalue weighted by atomic mass is 10.1. The topological polar surface area (TPSA) is 53.1 Å². The molecule has 0 saturated carbocycles. The molecule has 0 saturated heterocycles. The van der Waals surface area contributed by atoms with Gasteiger partial charge in [0, 0.05) is 12.3 Å².